The SMILES string of the molecule is CC1(C)c2ccccc2-c2ccc(N(c3ccc4c(c3)C3(c5cc#ccc5-4)c4ccccc4-c4ccccc43)c3ccccc3-c3ccccc3)cc21. The summed E-state index contributed by atoms with van der Waals surface area (Å²) in [6, 6.07) is 71.7. The van der Waals surface area contributed by atoms with Gasteiger partial charge in [0.2, 0.25) is 0 Å². The average molecular weight is 674 g/mol. The van der Waals surface area contributed by atoms with Crippen molar-refractivity contribution < 1.29 is 0 Å². The third-order valence-corrected chi connectivity index (χ3v) is 12.2. The Morgan fingerprint density at radius 3 is 1.55 bits per heavy atom. The number of fused-ring (bicyclic) bond motifs is 13. The molecule has 1 nitrogen and oxygen atoms in total. The van der Waals surface area contributed by atoms with E-state index in [1.807, 2.05) is 0 Å². The maximum absolute atomic E-state index is 3.36. The Morgan fingerprint density at radius 2 is 0.868 bits per heavy atom. The highest BCUT2D eigenvalue weighted by molar-refractivity contribution is 5.97. The molecular formula is C52H35N. The van der Waals surface area contributed by atoms with Crippen LogP contribution in [0.2, 0.25) is 0 Å². The number of rotatable bonds is 4. The van der Waals surface area contributed by atoms with Crippen LogP contribution in [0.15, 0.2) is 176 Å². The lowest BCUT2D eigenvalue weighted by molar-refractivity contribution is 0.660. The second-order valence-electron chi connectivity index (χ2n) is 15.1. The summed E-state index contributed by atoms with van der Waals surface area (Å²) in [7, 11) is 0. The van der Waals surface area contributed by atoms with Crippen LogP contribution >= 0.6 is 0 Å². The molecule has 0 saturated heterocycles. The molecule has 0 amide bonds. The molecular weight excluding hydrogens is 639 g/mol. The largest absolute Gasteiger partial charge is 0.310 e. The van der Waals surface area contributed by atoms with E-state index in [-0.39, 0.29) is 5.41 Å². The fraction of sp³-hybridized carbons (Fsp3) is 0.0769. The fourth-order valence-electron chi connectivity index (χ4n) is 9.88. The Balaban J connectivity index is 1.20. The minimum Gasteiger partial charge on any atom is -0.310 e. The molecule has 0 atom stereocenters. The quantitative estimate of drug-likeness (QED) is 0.180. The molecule has 0 fully saturated rings. The Labute approximate surface area is 311 Å². The fourth-order valence-corrected chi connectivity index (χ4v) is 9.88. The molecule has 8 aromatic carbocycles. The van der Waals surface area contributed by atoms with Crippen molar-refractivity contribution in [1.82, 2.24) is 0 Å². The second kappa shape index (κ2) is 10.9. The molecule has 1 heteroatoms. The number of benzene rings is 7. The number of anilines is 3. The number of para-hydroxylation sites is 1. The van der Waals surface area contributed by atoms with Gasteiger partial charge in [-0.3, -0.25) is 0 Å². The van der Waals surface area contributed by atoms with E-state index in [0.29, 0.717) is 0 Å². The Kier molecular flexibility index (Phi) is 6.20. The summed E-state index contributed by atoms with van der Waals surface area (Å²) >= 11 is 0. The van der Waals surface area contributed by atoms with Crippen LogP contribution in [0, 0.1) is 12.1 Å². The first-order valence-corrected chi connectivity index (χ1v) is 18.5. The summed E-state index contributed by atoms with van der Waals surface area (Å²) in [4.78, 5) is 2.49. The van der Waals surface area contributed by atoms with Crippen LogP contribution in [0.25, 0.3) is 44.5 Å². The minimum absolute atomic E-state index is 0.125. The molecule has 3 aliphatic carbocycles. The molecule has 3 aliphatic rings. The summed E-state index contributed by atoms with van der Waals surface area (Å²) in [5.41, 5.74) is 20.9. The Hall–Kier alpha value is -6.62. The van der Waals surface area contributed by atoms with E-state index in [2.05, 4.69) is 207 Å². The van der Waals surface area contributed by atoms with Crippen molar-refractivity contribution in [2.24, 2.45) is 0 Å². The second-order valence-corrected chi connectivity index (χ2v) is 15.1. The molecule has 0 N–H and O–H groups in total. The Bertz CT molecular complexity index is 2710. The normalized spacial score (nSPS) is 14.4. The van der Waals surface area contributed by atoms with Crippen LogP contribution in [0.5, 0.6) is 0 Å². The van der Waals surface area contributed by atoms with Crippen molar-refractivity contribution in [2.75, 3.05) is 4.90 Å². The standard InChI is InChI=1S/C52H35N/c1-51(2)44-23-11-6-19-38(44)42-30-28-35(32-48(42)51)53(50-27-15-10-18-37(50)34-16-4-3-5-17-34)36-29-31-43-41-22-9-14-26-47(41)52(49(43)33-36)45-24-12-7-20-39(45)40-21-8-13-25-46(40)52/h3-8,10-13,15-33H,1-2H3. The predicted octanol–water partition coefficient (Wildman–Crippen LogP) is 13.1. The number of hydrogen-bond donors (Lipinski definition) is 0. The molecule has 8 aromatic rings. The van der Waals surface area contributed by atoms with Gasteiger partial charge in [-0.15, -0.1) is 0 Å². The minimum atomic E-state index is -0.467. The van der Waals surface area contributed by atoms with Gasteiger partial charge in [0.05, 0.1) is 11.1 Å². The van der Waals surface area contributed by atoms with Gasteiger partial charge in [0.25, 0.3) is 0 Å². The molecule has 1 spiro atoms. The molecule has 0 aromatic heterocycles. The molecule has 0 unspecified atom stereocenters. The maximum atomic E-state index is 3.36. The van der Waals surface area contributed by atoms with Gasteiger partial charge in [0.1, 0.15) is 0 Å². The van der Waals surface area contributed by atoms with Crippen LogP contribution in [0.1, 0.15) is 47.2 Å². The van der Waals surface area contributed by atoms with E-state index in [1.54, 1.807) is 0 Å². The van der Waals surface area contributed by atoms with E-state index in [4.69, 9.17) is 0 Å². The van der Waals surface area contributed by atoms with Crippen LogP contribution in [-0.4, -0.2) is 0 Å². The number of hydrogen-bond acceptors (Lipinski definition) is 1. The zero-order valence-electron chi connectivity index (χ0n) is 29.7. The maximum Gasteiger partial charge on any atom is 0.0732 e. The van der Waals surface area contributed by atoms with Crippen LogP contribution in [-0.2, 0) is 10.8 Å². The van der Waals surface area contributed by atoms with E-state index in [9.17, 15) is 0 Å². The smallest absolute Gasteiger partial charge is 0.0732 e. The first-order chi connectivity index (χ1) is 26.1. The van der Waals surface area contributed by atoms with Gasteiger partial charge in [-0.2, -0.15) is 0 Å². The third-order valence-electron chi connectivity index (χ3n) is 12.2. The molecule has 248 valence electrons. The monoisotopic (exact) mass is 673 g/mol. The van der Waals surface area contributed by atoms with Crippen LogP contribution in [0.4, 0.5) is 17.1 Å². The van der Waals surface area contributed by atoms with Gasteiger partial charge in [-0.1, -0.05) is 159 Å². The van der Waals surface area contributed by atoms with Crippen molar-refractivity contribution in [3.63, 3.8) is 0 Å². The van der Waals surface area contributed by atoms with Gasteiger partial charge in [-0.05, 0) is 115 Å². The van der Waals surface area contributed by atoms with E-state index in [1.165, 1.54) is 77.9 Å². The zero-order chi connectivity index (χ0) is 35.3. The summed E-state index contributed by atoms with van der Waals surface area (Å²) in [5, 5.41) is 0. The van der Waals surface area contributed by atoms with Gasteiger partial charge in [-0.25, -0.2) is 0 Å². The highest BCUT2D eigenvalue weighted by Gasteiger charge is 2.51. The van der Waals surface area contributed by atoms with Crippen molar-refractivity contribution in [2.45, 2.75) is 24.7 Å². The van der Waals surface area contributed by atoms with Gasteiger partial charge in [0.15, 0.2) is 0 Å². The lowest BCUT2D eigenvalue weighted by atomic mass is 9.70. The van der Waals surface area contributed by atoms with Gasteiger partial charge in [0, 0.05) is 22.4 Å². The highest BCUT2D eigenvalue weighted by atomic mass is 15.1. The molecule has 0 radical (unpaired) electrons. The lowest BCUT2D eigenvalue weighted by Gasteiger charge is -2.33. The first-order valence-electron chi connectivity index (χ1n) is 18.5. The van der Waals surface area contributed by atoms with E-state index in [0.717, 1.165) is 17.1 Å². The molecule has 11 rings (SSSR count). The van der Waals surface area contributed by atoms with Gasteiger partial charge < -0.3 is 4.90 Å². The molecule has 53 heavy (non-hydrogen) atoms. The highest BCUT2D eigenvalue weighted by Crippen LogP contribution is 2.63. The summed E-state index contributed by atoms with van der Waals surface area (Å²) in [6.45, 7) is 4.73. The zero-order valence-corrected chi connectivity index (χ0v) is 29.7. The van der Waals surface area contributed by atoms with Crippen molar-refractivity contribution in [1.29, 1.82) is 0 Å². The van der Waals surface area contributed by atoms with E-state index < -0.39 is 5.41 Å². The summed E-state index contributed by atoms with van der Waals surface area (Å²) in [6.07, 6.45) is 0. The van der Waals surface area contributed by atoms with Crippen molar-refractivity contribution in [3.8, 4) is 44.5 Å². The first kappa shape index (κ1) is 30.0. The third kappa shape index (κ3) is 3.99. The average Bonchev–Trinajstić information content (AvgIpc) is 3.77. The Morgan fingerprint density at radius 1 is 0.377 bits per heavy atom. The topological polar surface area (TPSA) is 3.24 Å². The molecule has 0 saturated carbocycles. The van der Waals surface area contributed by atoms with E-state index >= 15 is 0 Å². The van der Waals surface area contributed by atoms with Crippen molar-refractivity contribution in [3.05, 3.63) is 221 Å². The predicted molar refractivity (Wildman–Crippen MR) is 218 cm³/mol. The summed E-state index contributed by atoms with van der Waals surface area (Å²) in [5.74, 6) is 0. The molecule has 0 bridgehead atoms. The summed E-state index contributed by atoms with van der Waals surface area (Å²) < 4.78 is 0. The van der Waals surface area contributed by atoms with Crippen molar-refractivity contribution >= 4 is 17.1 Å². The molecule has 0 aliphatic heterocycles. The molecule has 0 heterocycles. The lowest BCUT2D eigenvalue weighted by Crippen LogP contribution is -2.26. The van der Waals surface area contributed by atoms with Crippen LogP contribution in [0.3, 0.4) is 0 Å². The van der Waals surface area contributed by atoms with Crippen LogP contribution < -0.4 is 4.90 Å². The number of nitrogens with zero attached hydrogens (tertiary/aromatic N) is 1. The van der Waals surface area contributed by atoms with Gasteiger partial charge >= 0.3 is 0 Å².